The Morgan fingerprint density at radius 2 is 1.70 bits per heavy atom. The van der Waals surface area contributed by atoms with Crippen molar-refractivity contribution in [3.63, 3.8) is 0 Å². The van der Waals surface area contributed by atoms with E-state index < -0.39 is 0 Å². The second-order valence-electron chi connectivity index (χ2n) is 6.87. The summed E-state index contributed by atoms with van der Waals surface area (Å²) >= 11 is 6.43. The number of carbonyl (C=O) groups excluding carboxylic acids is 2. The number of esters is 1. The number of carbonyl (C=O) groups is 2. The van der Waals surface area contributed by atoms with Gasteiger partial charge in [-0.25, -0.2) is 0 Å². The summed E-state index contributed by atoms with van der Waals surface area (Å²) in [6.07, 6.45) is 1.66. The molecule has 1 heterocycles. The molecule has 0 aromatic heterocycles. The van der Waals surface area contributed by atoms with Crippen LogP contribution in [0, 0.1) is 5.92 Å². The first-order valence-electron chi connectivity index (χ1n) is 9.25. The van der Waals surface area contributed by atoms with E-state index in [4.69, 9.17) is 16.3 Å². The number of halogens is 1. The molecule has 0 bridgehead atoms. The third kappa shape index (κ3) is 4.69. The Labute approximate surface area is 165 Å². The predicted molar refractivity (Wildman–Crippen MR) is 106 cm³/mol. The molecule has 0 saturated carbocycles. The van der Waals surface area contributed by atoms with Gasteiger partial charge in [0.2, 0.25) is 5.91 Å². The summed E-state index contributed by atoms with van der Waals surface area (Å²) in [5.74, 6) is -0.286. The summed E-state index contributed by atoms with van der Waals surface area (Å²) in [4.78, 5) is 26.5. The molecule has 3 rings (SSSR count). The molecule has 27 heavy (non-hydrogen) atoms. The van der Waals surface area contributed by atoms with Crippen LogP contribution in [0.2, 0.25) is 5.02 Å². The van der Waals surface area contributed by atoms with Crippen molar-refractivity contribution in [3.8, 4) is 0 Å². The zero-order valence-corrected chi connectivity index (χ0v) is 16.2. The predicted octanol–water partition coefficient (Wildman–Crippen LogP) is 4.27. The molecule has 0 aliphatic carbocycles. The highest BCUT2D eigenvalue weighted by Crippen LogP contribution is 2.33. The number of nitrogens with zero attached hydrogens (tertiary/aromatic N) is 1. The van der Waals surface area contributed by atoms with Gasteiger partial charge < -0.3 is 9.64 Å². The van der Waals surface area contributed by atoms with Crippen molar-refractivity contribution >= 4 is 23.5 Å². The van der Waals surface area contributed by atoms with Crippen LogP contribution in [0.1, 0.15) is 36.3 Å². The SMILES string of the molecule is COC(=O)C1CCN(C(=O)C[C@@H](c2ccccc2)c2ccccc2Cl)CC1. The van der Waals surface area contributed by atoms with Gasteiger partial charge in [-0.15, -0.1) is 0 Å². The minimum atomic E-state index is -0.180. The maximum Gasteiger partial charge on any atom is 0.308 e. The maximum absolute atomic E-state index is 13.0. The first-order chi connectivity index (χ1) is 13.1. The Kier molecular flexibility index (Phi) is 6.51. The van der Waals surface area contributed by atoms with Crippen LogP contribution in [0.3, 0.4) is 0 Å². The van der Waals surface area contributed by atoms with Crippen LogP contribution in [0.25, 0.3) is 0 Å². The molecule has 5 heteroatoms. The number of ether oxygens (including phenoxy) is 1. The lowest BCUT2D eigenvalue weighted by atomic mass is 9.87. The minimum Gasteiger partial charge on any atom is -0.469 e. The number of piperidine rings is 1. The molecule has 4 nitrogen and oxygen atoms in total. The molecule has 1 atom stereocenters. The summed E-state index contributed by atoms with van der Waals surface area (Å²) in [6, 6.07) is 17.7. The average Bonchev–Trinajstić information content (AvgIpc) is 2.72. The third-order valence-corrected chi connectivity index (χ3v) is 5.59. The quantitative estimate of drug-likeness (QED) is 0.722. The fourth-order valence-corrected chi connectivity index (χ4v) is 3.95. The first-order valence-corrected chi connectivity index (χ1v) is 9.63. The van der Waals surface area contributed by atoms with E-state index in [-0.39, 0.29) is 23.7 Å². The fourth-order valence-electron chi connectivity index (χ4n) is 3.69. The summed E-state index contributed by atoms with van der Waals surface area (Å²) in [5, 5.41) is 0.670. The smallest absolute Gasteiger partial charge is 0.308 e. The molecule has 1 aliphatic rings. The minimum absolute atomic E-state index is 0.0899. The van der Waals surface area contributed by atoms with Crippen molar-refractivity contribution in [1.29, 1.82) is 0 Å². The Bertz CT molecular complexity index is 785. The summed E-state index contributed by atoms with van der Waals surface area (Å²) in [6.45, 7) is 1.17. The summed E-state index contributed by atoms with van der Waals surface area (Å²) < 4.78 is 4.82. The van der Waals surface area contributed by atoms with Gasteiger partial charge in [0.25, 0.3) is 0 Å². The van der Waals surface area contributed by atoms with Gasteiger partial charge in [-0.3, -0.25) is 9.59 Å². The van der Waals surface area contributed by atoms with E-state index in [1.165, 1.54) is 7.11 Å². The van der Waals surface area contributed by atoms with Gasteiger partial charge >= 0.3 is 5.97 Å². The Balaban J connectivity index is 1.74. The lowest BCUT2D eigenvalue weighted by Gasteiger charge is -2.32. The molecule has 1 amide bonds. The Morgan fingerprint density at radius 1 is 1.07 bits per heavy atom. The number of hydrogen-bond acceptors (Lipinski definition) is 3. The van der Waals surface area contributed by atoms with Crippen molar-refractivity contribution in [1.82, 2.24) is 4.90 Å². The first kappa shape index (κ1) is 19.4. The molecule has 2 aromatic carbocycles. The Morgan fingerprint density at radius 3 is 2.33 bits per heavy atom. The fraction of sp³-hybridized carbons (Fsp3) is 0.364. The van der Waals surface area contributed by atoms with Gasteiger partial charge in [0.05, 0.1) is 13.0 Å². The average molecular weight is 386 g/mol. The highest BCUT2D eigenvalue weighted by molar-refractivity contribution is 6.31. The number of hydrogen-bond donors (Lipinski definition) is 0. The number of likely N-dealkylation sites (tertiary alicyclic amines) is 1. The third-order valence-electron chi connectivity index (χ3n) is 5.24. The van der Waals surface area contributed by atoms with Crippen LogP contribution >= 0.6 is 11.6 Å². The van der Waals surface area contributed by atoms with Crippen molar-refractivity contribution in [2.24, 2.45) is 5.92 Å². The molecular weight excluding hydrogens is 362 g/mol. The normalized spacial score (nSPS) is 16.0. The molecule has 0 spiro atoms. The van der Waals surface area contributed by atoms with Gasteiger partial charge in [0.15, 0.2) is 0 Å². The highest BCUT2D eigenvalue weighted by atomic mass is 35.5. The highest BCUT2D eigenvalue weighted by Gasteiger charge is 2.29. The number of rotatable bonds is 5. The molecule has 142 valence electrons. The van der Waals surface area contributed by atoms with Crippen molar-refractivity contribution in [2.45, 2.75) is 25.2 Å². The van der Waals surface area contributed by atoms with Gasteiger partial charge in [-0.1, -0.05) is 60.1 Å². The van der Waals surface area contributed by atoms with E-state index in [2.05, 4.69) is 0 Å². The van der Waals surface area contributed by atoms with Gasteiger partial charge in [-0.2, -0.15) is 0 Å². The van der Waals surface area contributed by atoms with E-state index in [0.29, 0.717) is 37.4 Å². The topological polar surface area (TPSA) is 46.6 Å². The maximum atomic E-state index is 13.0. The van der Waals surface area contributed by atoms with Gasteiger partial charge in [-0.05, 0) is 30.0 Å². The number of methoxy groups -OCH3 is 1. The summed E-state index contributed by atoms with van der Waals surface area (Å²) in [5.41, 5.74) is 2.03. The second kappa shape index (κ2) is 9.05. The lowest BCUT2D eigenvalue weighted by Crippen LogP contribution is -2.41. The molecule has 1 aliphatic heterocycles. The van der Waals surface area contributed by atoms with Crippen molar-refractivity contribution in [2.75, 3.05) is 20.2 Å². The molecule has 1 fully saturated rings. The zero-order valence-electron chi connectivity index (χ0n) is 15.4. The molecular formula is C22H24ClNO3. The molecule has 0 radical (unpaired) electrons. The van der Waals surface area contributed by atoms with E-state index in [0.717, 1.165) is 11.1 Å². The summed E-state index contributed by atoms with van der Waals surface area (Å²) in [7, 11) is 1.41. The molecule has 0 unspecified atom stereocenters. The monoisotopic (exact) mass is 385 g/mol. The molecule has 1 saturated heterocycles. The Hall–Kier alpha value is -2.33. The van der Waals surface area contributed by atoms with E-state index in [1.54, 1.807) is 0 Å². The number of amides is 1. The van der Waals surface area contributed by atoms with Crippen molar-refractivity contribution < 1.29 is 14.3 Å². The zero-order chi connectivity index (χ0) is 19.2. The van der Waals surface area contributed by atoms with Gasteiger partial charge in [0, 0.05) is 30.5 Å². The van der Waals surface area contributed by atoms with Crippen LogP contribution in [0.5, 0.6) is 0 Å². The standard InChI is InChI=1S/C22H24ClNO3/c1-27-22(26)17-11-13-24(14-12-17)21(25)15-19(16-7-3-2-4-8-16)18-9-5-6-10-20(18)23/h2-10,17,19H,11-15H2,1H3/t19-/m0/s1. The molecule has 0 N–H and O–H groups in total. The van der Waals surface area contributed by atoms with Crippen LogP contribution < -0.4 is 0 Å². The number of benzene rings is 2. The largest absolute Gasteiger partial charge is 0.469 e. The van der Waals surface area contributed by atoms with E-state index in [9.17, 15) is 9.59 Å². The van der Waals surface area contributed by atoms with Crippen LogP contribution in [0.4, 0.5) is 0 Å². The molecule has 2 aromatic rings. The van der Waals surface area contributed by atoms with Crippen LogP contribution in [-0.4, -0.2) is 37.0 Å². The lowest BCUT2D eigenvalue weighted by molar-refractivity contribution is -0.148. The van der Waals surface area contributed by atoms with E-state index >= 15 is 0 Å². The van der Waals surface area contributed by atoms with Crippen LogP contribution in [0.15, 0.2) is 54.6 Å². The van der Waals surface area contributed by atoms with E-state index in [1.807, 2.05) is 59.5 Å². The van der Waals surface area contributed by atoms with Crippen molar-refractivity contribution in [3.05, 3.63) is 70.7 Å². The van der Waals surface area contributed by atoms with Gasteiger partial charge in [0.1, 0.15) is 0 Å². The van der Waals surface area contributed by atoms with Crippen LogP contribution in [-0.2, 0) is 14.3 Å². The second-order valence-corrected chi connectivity index (χ2v) is 7.27.